The Balaban J connectivity index is 1.39. The molecule has 2 atom stereocenters. The van der Waals surface area contributed by atoms with Gasteiger partial charge < -0.3 is 11.1 Å². The molecular formula is C19H31N3OS. The van der Waals surface area contributed by atoms with Gasteiger partial charge in [-0.1, -0.05) is 18.9 Å². The van der Waals surface area contributed by atoms with E-state index < -0.39 is 0 Å². The number of nitrogens with one attached hydrogen (secondary N) is 1. The van der Waals surface area contributed by atoms with Gasteiger partial charge in [-0.3, -0.25) is 9.69 Å². The van der Waals surface area contributed by atoms with E-state index in [2.05, 4.69) is 27.7 Å². The van der Waals surface area contributed by atoms with Crippen LogP contribution in [0.3, 0.4) is 0 Å². The highest BCUT2D eigenvalue weighted by atomic mass is 32.1. The second kappa shape index (κ2) is 7.98. The predicted octanol–water partition coefficient (Wildman–Crippen LogP) is 2.98. The standard InChI is InChI=1S/C19H31N3OS/c1-19(20)9-3-2-6-17(19)18(23)21-13-15-7-10-22(11-8-15)14-16-5-4-12-24-16/h4-5,12,15,17H,2-3,6-11,13-14,20H2,1H3,(H,21,23). The van der Waals surface area contributed by atoms with Crippen molar-refractivity contribution in [3.63, 3.8) is 0 Å². The molecule has 1 aliphatic heterocycles. The number of amides is 1. The molecular weight excluding hydrogens is 318 g/mol. The van der Waals surface area contributed by atoms with E-state index in [9.17, 15) is 4.79 Å². The highest BCUT2D eigenvalue weighted by Gasteiger charge is 2.37. The van der Waals surface area contributed by atoms with Crippen LogP contribution in [0.2, 0.25) is 0 Å². The first-order valence-corrected chi connectivity index (χ1v) is 10.2. The Hall–Kier alpha value is -0.910. The number of nitrogens with two attached hydrogens (primary N) is 1. The fraction of sp³-hybridized carbons (Fsp3) is 0.737. The molecule has 0 aromatic carbocycles. The molecule has 134 valence electrons. The summed E-state index contributed by atoms with van der Waals surface area (Å²) in [6, 6.07) is 4.34. The van der Waals surface area contributed by atoms with Crippen molar-refractivity contribution in [3.8, 4) is 0 Å². The normalized spacial score (nSPS) is 29.5. The highest BCUT2D eigenvalue weighted by molar-refractivity contribution is 7.09. The molecule has 1 saturated heterocycles. The van der Waals surface area contributed by atoms with E-state index in [4.69, 9.17) is 5.73 Å². The molecule has 24 heavy (non-hydrogen) atoms. The van der Waals surface area contributed by atoms with Gasteiger partial charge in [0.2, 0.25) is 5.91 Å². The summed E-state index contributed by atoms with van der Waals surface area (Å²) in [5.74, 6) is 0.784. The Morgan fingerprint density at radius 2 is 2.17 bits per heavy atom. The third-order valence-corrected chi connectivity index (χ3v) is 6.66. The third kappa shape index (κ3) is 4.58. The topological polar surface area (TPSA) is 58.4 Å². The predicted molar refractivity (Wildman–Crippen MR) is 99.9 cm³/mol. The van der Waals surface area contributed by atoms with E-state index in [1.165, 1.54) is 17.7 Å². The minimum Gasteiger partial charge on any atom is -0.356 e. The Labute approximate surface area is 149 Å². The van der Waals surface area contributed by atoms with Crippen LogP contribution in [0.25, 0.3) is 0 Å². The van der Waals surface area contributed by atoms with Gasteiger partial charge in [-0.05, 0) is 63.1 Å². The molecule has 2 heterocycles. The summed E-state index contributed by atoms with van der Waals surface area (Å²) in [5.41, 5.74) is 6.02. The van der Waals surface area contributed by atoms with Crippen LogP contribution in [-0.2, 0) is 11.3 Å². The van der Waals surface area contributed by atoms with Crippen molar-refractivity contribution in [1.82, 2.24) is 10.2 Å². The zero-order valence-corrected chi connectivity index (χ0v) is 15.6. The fourth-order valence-electron chi connectivity index (χ4n) is 4.13. The number of likely N-dealkylation sites (tertiary alicyclic amines) is 1. The Bertz CT molecular complexity index is 521. The van der Waals surface area contributed by atoms with Crippen molar-refractivity contribution < 1.29 is 4.79 Å². The summed E-state index contributed by atoms with van der Waals surface area (Å²) < 4.78 is 0. The van der Waals surface area contributed by atoms with E-state index in [1.54, 1.807) is 0 Å². The van der Waals surface area contributed by atoms with Crippen LogP contribution in [0.5, 0.6) is 0 Å². The van der Waals surface area contributed by atoms with Gasteiger partial charge in [0.25, 0.3) is 0 Å². The summed E-state index contributed by atoms with van der Waals surface area (Å²) in [4.78, 5) is 16.5. The molecule has 0 radical (unpaired) electrons. The van der Waals surface area contributed by atoms with Gasteiger partial charge in [0, 0.05) is 23.5 Å². The monoisotopic (exact) mass is 349 g/mol. The SMILES string of the molecule is CC1(N)CCCCC1C(=O)NCC1CCN(Cc2cccs2)CC1. The molecule has 0 bridgehead atoms. The van der Waals surface area contributed by atoms with Gasteiger partial charge in [-0.15, -0.1) is 11.3 Å². The quantitative estimate of drug-likeness (QED) is 0.859. The van der Waals surface area contributed by atoms with Crippen LogP contribution in [0, 0.1) is 11.8 Å². The number of hydrogen-bond donors (Lipinski definition) is 2. The first-order chi connectivity index (χ1) is 11.5. The molecule has 4 nitrogen and oxygen atoms in total. The van der Waals surface area contributed by atoms with Crippen molar-refractivity contribution >= 4 is 17.2 Å². The molecule has 3 rings (SSSR count). The zero-order valence-electron chi connectivity index (χ0n) is 14.8. The molecule has 1 aliphatic carbocycles. The Morgan fingerprint density at radius 1 is 1.38 bits per heavy atom. The molecule has 1 aromatic rings. The van der Waals surface area contributed by atoms with Crippen LogP contribution in [0.4, 0.5) is 0 Å². The van der Waals surface area contributed by atoms with Crippen LogP contribution < -0.4 is 11.1 Å². The lowest BCUT2D eigenvalue weighted by Gasteiger charge is -2.38. The molecule has 1 saturated carbocycles. The molecule has 1 amide bonds. The van der Waals surface area contributed by atoms with Crippen LogP contribution >= 0.6 is 11.3 Å². The number of carbonyl (C=O) groups is 1. The zero-order chi connectivity index (χ0) is 17.0. The third-order valence-electron chi connectivity index (χ3n) is 5.80. The van der Waals surface area contributed by atoms with Gasteiger partial charge in [0.05, 0.1) is 5.92 Å². The first kappa shape index (κ1) is 17.9. The number of hydrogen-bond acceptors (Lipinski definition) is 4. The second-order valence-electron chi connectivity index (χ2n) is 7.85. The molecule has 2 fully saturated rings. The molecule has 1 aromatic heterocycles. The van der Waals surface area contributed by atoms with Crippen LogP contribution in [0.1, 0.15) is 50.3 Å². The molecule has 0 spiro atoms. The first-order valence-electron chi connectivity index (χ1n) is 9.36. The Morgan fingerprint density at radius 3 is 2.83 bits per heavy atom. The van der Waals surface area contributed by atoms with Gasteiger partial charge in [0.1, 0.15) is 0 Å². The fourth-order valence-corrected chi connectivity index (χ4v) is 4.87. The summed E-state index contributed by atoms with van der Waals surface area (Å²) in [6.07, 6.45) is 6.54. The second-order valence-corrected chi connectivity index (χ2v) is 8.88. The van der Waals surface area contributed by atoms with Crippen LogP contribution in [-0.4, -0.2) is 36.0 Å². The average molecular weight is 350 g/mol. The van der Waals surface area contributed by atoms with Crippen molar-refractivity contribution in [2.75, 3.05) is 19.6 Å². The van der Waals surface area contributed by atoms with Crippen molar-refractivity contribution in [1.29, 1.82) is 0 Å². The highest BCUT2D eigenvalue weighted by Crippen LogP contribution is 2.31. The number of carbonyl (C=O) groups excluding carboxylic acids is 1. The molecule has 2 aliphatic rings. The lowest BCUT2D eigenvalue weighted by Crippen LogP contribution is -2.53. The van der Waals surface area contributed by atoms with E-state index in [-0.39, 0.29) is 17.4 Å². The lowest BCUT2D eigenvalue weighted by atomic mass is 9.74. The largest absolute Gasteiger partial charge is 0.356 e. The summed E-state index contributed by atoms with van der Waals surface area (Å²) in [7, 11) is 0. The molecule has 3 N–H and O–H groups in total. The maximum Gasteiger partial charge on any atom is 0.224 e. The van der Waals surface area contributed by atoms with E-state index in [0.29, 0.717) is 5.92 Å². The summed E-state index contributed by atoms with van der Waals surface area (Å²) in [6.45, 7) is 6.20. The van der Waals surface area contributed by atoms with Gasteiger partial charge in [-0.25, -0.2) is 0 Å². The summed E-state index contributed by atoms with van der Waals surface area (Å²) >= 11 is 1.84. The lowest BCUT2D eigenvalue weighted by molar-refractivity contribution is -0.128. The number of rotatable bonds is 5. The number of thiophene rings is 1. The van der Waals surface area contributed by atoms with Crippen molar-refractivity contribution in [2.24, 2.45) is 17.6 Å². The van der Waals surface area contributed by atoms with Crippen molar-refractivity contribution in [3.05, 3.63) is 22.4 Å². The van der Waals surface area contributed by atoms with Gasteiger partial charge >= 0.3 is 0 Å². The molecule has 5 heteroatoms. The Kier molecular flexibility index (Phi) is 5.95. The maximum absolute atomic E-state index is 12.5. The van der Waals surface area contributed by atoms with E-state index in [0.717, 1.165) is 51.9 Å². The number of piperidine rings is 1. The minimum atomic E-state index is -0.327. The van der Waals surface area contributed by atoms with Crippen LogP contribution in [0.15, 0.2) is 17.5 Å². The number of nitrogens with zero attached hydrogens (tertiary/aromatic N) is 1. The van der Waals surface area contributed by atoms with Gasteiger partial charge in [0.15, 0.2) is 0 Å². The average Bonchev–Trinajstić information content (AvgIpc) is 3.06. The smallest absolute Gasteiger partial charge is 0.224 e. The van der Waals surface area contributed by atoms with Gasteiger partial charge in [-0.2, -0.15) is 0 Å². The molecule has 2 unspecified atom stereocenters. The maximum atomic E-state index is 12.5. The minimum absolute atomic E-state index is 0.00910. The van der Waals surface area contributed by atoms with Crippen molar-refractivity contribution in [2.45, 2.75) is 57.5 Å². The summed E-state index contributed by atoms with van der Waals surface area (Å²) in [5, 5.41) is 5.35. The van der Waals surface area contributed by atoms with E-state index >= 15 is 0 Å². The van der Waals surface area contributed by atoms with E-state index in [1.807, 2.05) is 18.3 Å².